The summed E-state index contributed by atoms with van der Waals surface area (Å²) < 4.78 is 27.2. The monoisotopic (exact) mass is 367 g/mol. The Morgan fingerprint density at radius 2 is 2.00 bits per heavy atom. The number of nitrogens with zero attached hydrogens (tertiary/aromatic N) is 1. The van der Waals surface area contributed by atoms with Gasteiger partial charge >= 0.3 is 0 Å². The Balaban J connectivity index is 1.77. The summed E-state index contributed by atoms with van der Waals surface area (Å²) in [5, 5.41) is 15.2. The molecule has 142 valence electrons. The molecule has 8 heteroatoms. The molecule has 0 saturated carbocycles. The topological polar surface area (TPSA) is 81.7 Å². The number of anilines is 2. The molecule has 2 aliphatic rings. The van der Waals surface area contributed by atoms with Crippen molar-refractivity contribution in [2.24, 2.45) is 0 Å². The van der Waals surface area contributed by atoms with Gasteiger partial charge in [-0.25, -0.2) is 8.78 Å². The van der Waals surface area contributed by atoms with E-state index in [2.05, 4.69) is 10.6 Å². The van der Waals surface area contributed by atoms with E-state index >= 15 is 0 Å². The van der Waals surface area contributed by atoms with Crippen LogP contribution in [0.25, 0.3) is 0 Å². The van der Waals surface area contributed by atoms with E-state index in [1.165, 1.54) is 6.07 Å². The molecular weight excluding hydrogens is 344 g/mol. The van der Waals surface area contributed by atoms with Crippen molar-refractivity contribution in [3.05, 3.63) is 23.8 Å². The first-order valence-electron chi connectivity index (χ1n) is 8.75. The van der Waals surface area contributed by atoms with Gasteiger partial charge in [0.05, 0.1) is 5.60 Å². The highest BCUT2D eigenvalue weighted by atomic mass is 19.3. The number of benzene rings is 1. The van der Waals surface area contributed by atoms with Crippen molar-refractivity contribution in [3.63, 3.8) is 0 Å². The highest BCUT2D eigenvalue weighted by Gasteiger charge is 2.30. The fraction of sp³-hybridized carbons (Fsp3) is 0.556. The van der Waals surface area contributed by atoms with E-state index in [0.717, 1.165) is 0 Å². The number of nitrogens with one attached hydrogen (secondary N) is 2. The fourth-order valence-corrected chi connectivity index (χ4v) is 3.37. The van der Waals surface area contributed by atoms with Crippen molar-refractivity contribution in [3.8, 4) is 0 Å². The van der Waals surface area contributed by atoms with Crippen molar-refractivity contribution in [2.75, 3.05) is 23.3 Å². The van der Waals surface area contributed by atoms with Gasteiger partial charge in [0.2, 0.25) is 11.8 Å². The predicted molar refractivity (Wildman–Crippen MR) is 93.3 cm³/mol. The molecule has 2 fully saturated rings. The summed E-state index contributed by atoms with van der Waals surface area (Å²) in [6.07, 6.45) is -1.07. The molecule has 1 unspecified atom stereocenters. The summed E-state index contributed by atoms with van der Waals surface area (Å²) in [5.74, 6) is -0.764. The maximum atomic E-state index is 13.6. The summed E-state index contributed by atoms with van der Waals surface area (Å²) in [5.41, 5.74) is 0.00473. The molecule has 1 aromatic carbocycles. The molecule has 2 amide bonds. The van der Waals surface area contributed by atoms with Crippen LogP contribution in [0.1, 0.15) is 44.6 Å². The van der Waals surface area contributed by atoms with Crippen LogP contribution >= 0.6 is 0 Å². The van der Waals surface area contributed by atoms with Gasteiger partial charge in [-0.05, 0) is 44.4 Å². The van der Waals surface area contributed by atoms with E-state index in [-0.39, 0.29) is 17.9 Å². The molecular formula is C18H23F2N3O3. The van der Waals surface area contributed by atoms with Gasteiger partial charge in [0.15, 0.2) is 0 Å². The van der Waals surface area contributed by atoms with E-state index in [9.17, 15) is 23.5 Å². The number of alkyl halides is 2. The number of hydrogen-bond acceptors (Lipinski definition) is 5. The first kappa shape index (κ1) is 18.6. The molecule has 0 bridgehead atoms. The van der Waals surface area contributed by atoms with Crippen molar-refractivity contribution in [1.29, 1.82) is 0 Å². The molecule has 1 atom stereocenters. The van der Waals surface area contributed by atoms with Crippen molar-refractivity contribution in [1.82, 2.24) is 5.32 Å². The molecule has 0 aromatic heterocycles. The zero-order valence-electron chi connectivity index (χ0n) is 14.6. The number of amides is 2. The van der Waals surface area contributed by atoms with Crippen LogP contribution in [0.2, 0.25) is 0 Å². The van der Waals surface area contributed by atoms with Crippen LogP contribution in [0, 0.1) is 0 Å². The smallest absolute Gasteiger partial charge is 0.265 e. The van der Waals surface area contributed by atoms with E-state index in [0.29, 0.717) is 43.7 Å². The minimum atomic E-state index is -2.66. The second-order valence-corrected chi connectivity index (χ2v) is 7.21. The largest absolute Gasteiger partial charge is 0.390 e. The van der Waals surface area contributed by atoms with E-state index in [1.807, 2.05) is 4.90 Å². The van der Waals surface area contributed by atoms with Gasteiger partial charge in [0, 0.05) is 36.4 Å². The second-order valence-electron chi connectivity index (χ2n) is 7.21. The highest BCUT2D eigenvalue weighted by molar-refractivity contribution is 6.01. The Morgan fingerprint density at radius 1 is 1.31 bits per heavy atom. The summed E-state index contributed by atoms with van der Waals surface area (Å²) >= 11 is 0. The third-order valence-electron chi connectivity index (χ3n) is 5.02. The molecule has 0 radical (unpaired) electrons. The standard InChI is InChI=1S/C18H23F2N3O3/c1-18(26)6-8-23(9-7-18)14-4-2-11(10-12(14)16(19)20)21-13-3-5-15(24)22-17(13)25/h2,4,10,13,16,21,26H,3,5-9H2,1H3,(H,22,24,25). The van der Waals surface area contributed by atoms with Gasteiger partial charge < -0.3 is 15.3 Å². The molecule has 2 saturated heterocycles. The second kappa shape index (κ2) is 7.19. The van der Waals surface area contributed by atoms with Crippen molar-refractivity contribution in [2.45, 2.75) is 50.7 Å². The van der Waals surface area contributed by atoms with Gasteiger partial charge in [-0.15, -0.1) is 0 Å². The average Bonchev–Trinajstić information content (AvgIpc) is 2.57. The third kappa shape index (κ3) is 4.12. The Labute approximate surface area is 150 Å². The summed E-state index contributed by atoms with van der Waals surface area (Å²) in [7, 11) is 0. The number of halogens is 2. The lowest BCUT2D eigenvalue weighted by Crippen LogP contribution is -2.47. The first-order chi connectivity index (χ1) is 12.2. The van der Waals surface area contributed by atoms with Crippen LogP contribution in [0.15, 0.2) is 18.2 Å². The number of carbonyl (C=O) groups excluding carboxylic acids is 2. The number of carbonyl (C=O) groups is 2. The maximum Gasteiger partial charge on any atom is 0.265 e. The Bertz CT molecular complexity index is 699. The molecule has 3 N–H and O–H groups in total. The van der Waals surface area contributed by atoms with E-state index < -0.39 is 24.0 Å². The Kier molecular flexibility index (Phi) is 5.13. The van der Waals surface area contributed by atoms with Gasteiger partial charge in [-0.1, -0.05) is 0 Å². The lowest BCUT2D eigenvalue weighted by molar-refractivity contribution is -0.133. The molecule has 26 heavy (non-hydrogen) atoms. The number of rotatable bonds is 4. The van der Waals surface area contributed by atoms with E-state index in [1.54, 1.807) is 19.1 Å². The van der Waals surface area contributed by atoms with Crippen LogP contribution in [0.4, 0.5) is 20.2 Å². The van der Waals surface area contributed by atoms with Crippen molar-refractivity contribution >= 4 is 23.2 Å². The first-order valence-corrected chi connectivity index (χ1v) is 8.75. The number of hydrogen-bond donors (Lipinski definition) is 3. The lowest BCUT2D eigenvalue weighted by Gasteiger charge is -2.38. The number of aliphatic hydroxyl groups is 1. The minimum absolute atomic E-state index is 0.108. The lowest BCUT2D eigenvalue weighted by atomic mass is 9.93. The van der Waals surface area contributed by atoms with Crippen LogP contribution in [0.3, 0.4) is 0 Å². The summed E-state index contributed by atoms with van der Waals surface area (Å²) in [6.45, 7) is 2.77. The van der Waals surface area contributed by atoms with Gasteiger partial charge in [0.25, 0.3) is 6.43 Å². The molecule has 1 aromatic rings. The number of imide groups is 1. The average molecular weight is 367 g/mol. The summed E-state index contributed by atoms with van der Waals surface area (Å²) in [4.78, 5) is 24.9. The molecule has 0 aliphatic carbocycles. The Hall–Kier alpha value is -2.22. The number of piperidine rings is 2. The van der Waals surface area contributed by atoms with Crippen molar-refractivity contribution < 1.29 is 23.5 Å². The van der Waals surface area contributed by atoms with Gasteiger partial charge in [-0.2, -0.15) is 0 Å². The predicted octanol–water partition coefficient (Wildman–Crippen LogP) is 2.19. The van der Waals surface area contributed by atoms with Crippen LogP contribution in [-0.2, 0) is 9.59 Å². The molecule has 2 aliphatic heterocycles. The third-order valence-corrected chi connectivity index (χ3v) is 5.02. The van der Waals surface area contributed by atoms with Gasteiger partial charge in [-0.3, -0.25) is 14.9 Å². The van der Waals surface area contributed by atoms with E-state index in [4.69, 9.17) is 0 Å². The quantitative estimate of drug-likeness (QED) is 0.711. The maximum absolute atomic E-state index is 13.6. The minimum Gasteiger partial charge on any atom is -0.390 e. The SMILES string of the molecule is CC1(O)CCN(c2ccc(NC3CCC(=O)NC3=O)cc2C(F)F)CC1. The van der Waals surface area contributed by atoms with Crippen LogP contribution in [-0.4, -0.2) is 41.7 Å². The summed E-state index contributed by atoms with van der Waals surface area (Å²) in [6, 6.07) is 4.03. The van der Waals surface area contributed by atoms with Crippen LogP contribution < -0.4 is 15.5 Å². The Morgan fingerprint density at radius 3 is 2.62 bits per heavy atom. The van der Waals surface area contributed by atoms with Gasteiger partial charge in [0.1, 0.15) is 6.04 Å². The van der Waals surface area contributed by atoms with Crippen LogP contribution in [0.5, 0.6) is 0 Å². The zero-order valence-corrected chi connectivity index (χ0v) is 14.6. The molecule has 6 nitrogen and oxygen atoms in total. The normalized spacial score (nSPS) is 23.1. The molecule has 3 rings (SSSR count). The molecule has 0 spiro atoms. The zero-order chi connectivity index (χ0) is 18.9. The molecule has 2 heterocycles. The highest BCUT2D eigenvalue weighted by Crippen LogP contribution is 2.35. The fourth-order valence-electron chi connectivity index (χ4n) is 3.37.